The Bertz CT molecular complexity index is 668. The lowest BCUT2D eigenvalue weighted by atomic mass is 9.76. The fourth-order valence-electron chi connectivity index (χ4n) is 7.01. The van der Waals surface area contributed by atoms with Crippen molar-refractivity contribution in [3.05, 3.63) is 0 Å². The smallest absolute Gasteiger partial charge is 0.313 e. The SMILES string of the molecule is COCCN1CCN2C(C1)NC1CC(NC3OC(=O)C4C3CCC(OC)C4OC)CCC12. The highest BCUT2D eigenvalue weighted by Crippen LogP contribution is 2.42. The summed E-state index contributed by atoms with van der Waals surface area (Å²) in [5.41, 5.74) is 0. The van der Waals surface area contributed by atoms with Gasteiger partial charge in [0, 0.05) is 71.6 Å². The first-order valence-electron chi connectivity index (χ1n) is 12.4. The minimum Gasteiger partial charge on any atom is -0.446 e. The second-order valence-corrected chi connectivity index (χ2v) is 10.2. The predicted octanol–water partition coefficient (Wildman–Crippen LogP) is -0.00190. The van der Waals surface area contributed by atoms with Crippen LogP contribution in [0.2, 0.25) is 0 Å². The Labute approximate surface area is 191 Å². The molecule has 2 aliphatic carbocycles. The number of fused-ring (bicyclic) bond motifs is 4. The minimum atomic E-state index is -0.232. The molecule has 9 heteroatoms. The average molecular weight is 453 g/mol. The van der Waals surface area contributed by atoms with Gasteiger partial charge in [-0.25, -0.2) is 0 Å². The first-order chi connectivity index (χ1) is 15.6. The minimum absolute atomic E-state index is 0.0356. The van der Waals surface area contributed by atoms with Crippen molar-refractivity contribution in [2.45, 2.75) is 74.8 Å². The largest absolute Gasteiger partial charge is 0.446 e. The maximum Gasteiger partial charge on any atom is 0.313 e. The summed E-state index contributed by atoms with van der Waals surface area (Å²) in [6, 6.07) is 1.49. The van der Waals surface area contributed by atoms with Gasteiger partial charge < -0.3 is 18.9 Å². The Morgan fingerprint density at radius 2 is 2.00 bits per heavy atom. The molecule has 5 aliphatic rings. The molecule has 3 saturated heterocycles. The second kappa shape index (κ2) is 9.82. The summed E-state index contributed by atoms with van der Waals surface area (Å²) in [4.78, 5) is 17.9. The molecule has 0 radical (unpaired) electrons. The topological polar surface area (TPSA) is 84.5 Å². The van der Waals surface area contributed by atoms with Crippen LogP contribution in [-0.4, -0.2) is 113 Å². The highest BCUT2D eigenvalue weighted by molar-refractivity contribution is 5.76. The van der Waals surface area contributed by atoms with Crippen LogP contribution in [0.5, 0.6) is 0 Å². The van der Waals surface area contributed by atoms with Crippen LogP contribution in [0.15, 0.2) is 0 Å². The Morgan fingerprint density at radius 3 is 2.78 bits per heavy atom. The van der Waals surface area contributed by atoms with Gasteiger partial charge in [0.15, 0.2) is 6.23 Å². The molecule has 9 nitrogen and oxygen atoms in total. The van der Waals surface area contributed by atoms with Gasteiger partial charge in [0.25, 0.3) is 0 Å². The number of carbonyl (C=O) groups is 1. The first-order valence-corrected chi connectivity index (χ1v) is 12.4. The molecular weight excluding hydrogens is 412 g/mol. The van der Waals surface area contributed by atoms with E-state index < -0.39 is 0 Å². The first kappa shape index (κ1) is 23.0. The van der Waals surface area contributed by atoms with Crippen molar-refractivity contribution in [2.24, 2.45) is 11.8 Å². The van der Waals surface area contributed by atoms with Crippen molar-refractivity contribution in [1.82, 2.24) is 20.4 Å². The molecule has 0 aromatic rings. The van der Waals surface area contributed by atoms with Crippen LogP contribution in [0.25, 0.3) is 0 Å². The Morgan fingerprint density at radius 1 is 1.12 bits per heavy atom. The van der Waals surface area contributed by atoms with E-state index in [1.807, 2.05) is 0 Å². The zero-order valence-corrected chi connectivity index (χ0v) is 19.7. The highest BCUT2D eigenvalue weighted by Gasteiger charge is 2.54. The quantitative estimate of drug-likeness (QED) is 0.519. The number of carbonyl (C=O) groups excluding carboxylic acids is 1. The number of nitrogens with zero attached hydrogens (tertiary/aromatic N) is 2. The average Bonchev–Trinajstić information content (AvgIpc) is 3.33. The van der Waals surface area contributed by atoms with Crippen molar-refractivity contribution in [1.29, 1.82) is 0 Å². The van der Waals surface area contributed by atoms with E-state index in [0.717, 1.165) is 58.5 Å². The molecule has 0 aromatic heterocycles. The van der Waals surface area contributed by atoms with E-state index in [9.17, 15) is 4.79 Å². The lowest BCUT2D eigenvalue weighted by Crippen LogP contribution is -2.55. The van der Waals surface area contributed by atoms with Crippen LogP contribution in [0.3, 0.4) is 0 Å². The molecule has 3 heterocycles. The molecule has 32 heavy (non-hydrogen) atoms. The molecule has 0 aromatic carbocycles. The number of cyclic esters (lactones) is 1. The Balaban J connectivity index is 1.17. The molecule has 9 unspecified atom stereocenters. The third-order valence-electron chi connectivity index (χ3n) is 8.61. The monoisotopic (exact) mass is 452 g/mol. The molecule has 182 valence electrons. The molecular formula is C23H40N4O5. The van der Waals surface area contributed by atoms with Crippen LogP contribution >= 0.6 is 0 Å². The zero-order chi connectivity index (χ0) is 22.2. The van der Waals surface area contributed by atoms with E-state index in [1.165, 1.54) is 6.42 Å². The molecule has 2 saturated carbocycles. The molecule has 0 bridgehead atoms. The third-order valence-corrected chi connectivity index (χ3v) is 8.61. The normalized spacial score (nSPS) is 44.7. The maximum atomic E-state index is 12.7. The van der Waals surface area contributed by atoms with Gasteiger partial charge in [-0.1, -0.05) is 0 Å². The summed E-state index contributed by atoms with van der Waals surface area (Å²) in [5.74, 6) is -0.208. The van der Waals surface area contributed by atoms with Crippen molar-refractivity contribution >= 4 is 5.97 Å². The number of nitrogens with one attached hydrogen (secondary N) is 2. The molecule has 9 atom stereocenters. The fraction of sp³-hybridized carbons (Fsp3) is 0.957. The number of hydrogen-bond donors (Lipinski definition) is 2. The van der Waals surface area contributed by atoms with Gasteiger partial charge in [-0.2, -0.15) is 0 Å². The summed E-state index contributed by atoms with van der Waals surface area (Å²) in [7, 11) is 5.14. The van der Waals surface area contributed by atoms with E-state index in [2.05, 4.69) is 20.4 Å². The Kier molecular flexibility index (Phi) is 7.04. The van der Waals surface area contributed by atoms with E-state index in [-0.39, 0.29) is 36.2 Å². The number of rotatable bonds is 7. The van der Waals surface area contributed by atoms with Gasteiger partial charge in [-0.15, -0.1) is 0 Å². The number of methoxy groups -OCH3 is 3. The van der Waals surface area contributed by atoms with Gasteiger partial charge in [0.2, 0.25) is 0 Å². The van der Waals surface area contributed by atoms with Crippen molar-refractivity contribution in [2.75, 3.05) is 54.1 Å². The molecule has 0 spiro atoms. The molecule has 0 amide bonds. The summed E-state index contributed by atoms with van der Waals surface area (Å²) in [6.07, 6.45) is 5.19. The van der Waals surface area contributed by atoms with Crippen LogP contribution in [0.4, 0.5) is 0 Å². The second-order valence-electron chi connectivity index (χ2n) is 10.2. The van der Waals surface area contributed by atoms with E-state index in [0.29, 0.717) is 24.3 Å². The highest BCUT2D eigenvalue weighted by atomic mass is 16.6. The molecule has 5 fully saturated rings. The zero-order valence-electron chi connectivity index (χ0n) is 19.7. The molecule has 2 N–H and O–H groups in total. The number of piperazine rings is 1. The van der Waals surface area contributed by atoms with Gasteiger partial charge in [-0.3, -0.25) is 25.2 Å². The molecule has 5 rings (SSSR count). The Hall–Kier alpha value is -0.810. The van der Waals surface area contributed by atoms with Gasteiger partial charge in [0.05, 0.1) is 30.9 Å². The van der Waals surface area contributed by atoms with Crippen molar-refractivity contribution in [3.63, 3.8) is 0 Å². The maximum absolute atomic E-state index is 12.7. The van der Waals surface area contributed by atoms with Gasteiger partial charge in [-0.05, 0) is 32.1 Å². The summed E-state index contributed by atoms with van der Waals surface area (Å²) >= 11 is 0. The van der Waals surface area contributed by atoms with Crippen molar-refractivity contribution in [3.8, 4) is 0 Å². The number of esters is 1. The lowest BCUT2D eigenvalue weighted by molar-refractivity contribution is -0.153. The van der Waals surface area contributed by atoms with Crippen LogP contribution in [0.1, 0.15) is 32.1 Å². The number of ether oxygens (including phenoxy) is 4. The van der Waals surface area contributed by atoms with E-state index in [1.54, 1.807) is 21.3 Å². The third kappa shape index (κ3) is 4.21. The van der Waals surface area contributed by atoms with E-state index in [4.69, 9.17) is 18.9 Å². The van der Waals surface area contributed by atoms with Gasteiger partial charge in [0.1, 0.15) is 0 Å². The fourth-order valence-corrected chi connectivity index (χ4v) is 7.01. The predicted molar refractivity (Wildman–Crippen MR) is 118 cm³/mol. The summed E-state index contributed by atoms with van der Waals surface area (Å²) < 4.78 is 22.4. The summed E-state index contributed by atoms with van der Waals surface area (Å²) in [6.45, 7) is 5.12. The van der Waals surface area contributed by atoms with Gasteiger partial charge >= 0.3 is 5.97 Å². The lowest BCUT2D eigenvalue weighted by Gasteiger charge is -2.41. The van der Waals surface area contributed by atoms with Crippen LogP contribution in [0, 0.1) is 11.8 Å². The standard InChI is InChI=1S/C23H40N4O5/c1-29-11-10-26-8-9-27-17-6-4-14(12-16(17)25-19(27)13-26)24-22-15-5-7-18(30-2)21(31-3)20(15)23(28)32-22/h14-22,24-25H,4-13H2,1-3H3. The van der Waals surface area contributed by atoms with Crippen molar-refractivity contribution < 1.29 is 23.7 Å². The van der Waals surface area contributed by atoms with E-state index >= 15 is 0 Å². The summed E-state index contributed by atoms with van der Waals surface area (Å²) in [5, 5.41) is 7.64. The van der Waals surface area contributed by atoms with Crippen LogP contribution < -0.4 is 10.6 Å². The molecule has 3 aliphatic heterocycles. The number of hydrogen-bond acceptors (Lipinski definition) is 9. The van der Waals surface area contributed by atoms with Crippen LogP contribution in [-0.2, 0) is 23.7 Å².